The molecule has 1 heterocycles. The van der Waals surface area contributed by atoms with Crippen molar-refractivity contribution >= 4 is 15.5 Å². The van der Waals surface area contributed by atoms with Crippen LogP contribution in [0.2, 0.25) is 0 Å². The van der Waals surface area contributed by atoms with Gasteiger partial charge in [-0.2, -0.15) is 13.6 Å². The number of anilines is 1. The smallest absolute Gasteiger partial charge is 0.387 e. The van der Waals surface area contributed by atoms with E-state index in [1.54, 1.807) is 0 Å². The molecule has 0 aliphatic rings. The van der Waals surface area contributed by atoms with Crippen LogP contribution in [0.15, 0.2) is 35.7 Å². The van der Waals surface area contributed by atoms with Crippen molar-refractivity contribution in [3.63, 3.8) is 0 Å². The highest BCUT2D eigenvalue weighted by Gasteiger charge is 2.17. The van der Waals surface area contributed by atoms with E-state index in [0.29, 0.717) is 0 Å². The molecule has 0 saturated heterocycles. The first-order valence-corrected chi connectivity index (χ1v) is 7.51. The summed E-state index contributed by atoms with van der Waals surface area (Å²) in [6, 6.07) is 3.67. The Balaban J connectivity index is 2.40. The van der Waals surface area contributed by atoms with Gasteiger partial charge in [0.2, 0.25) is 0 Å². The van der Waals surface area contributed by atoms with Crippen molar-refractivity contribution in [2.45, 2.75) is 18.4 Å². The van der Waals surface area contributed by atoms with Gasteiger partial charge in [-0.15, -0.1) is 5.10 Å². The average molecular weight is 318 g/mol. The van der Waals surface area contributed by atoms with E-state index in [4.69, 9.17) is 0 Å². The maximum Gasteiger partial charge on any atom is 0.387 e. The predicted octanol–water partition coefficient (Wildman–Crippen LogP) is 1.55. The lowest BCUT2D eigenvalue weighted by Gasteiger charge is -2.13. The van der Waals surface area contributed by atoms with Gasteiger partial charge in [0.1, 0.15) is 12.7 Å². The van der Waals surface area contributed by atoms with Crippen molar-refractivity contribution in [2.24, 2.45) is 0 Å². The number of nitrogens with zero attached hydrogens (tertiary/aromatic N) is 3. The molecule has 0 spiro atoms. The molecule has 21 heavy (non-hydrogen) atoms. The molecular formula is C11H12F2N4O3S. The molecular weight excluding hydrogens is 306 g/mol. The summed E-state index contributed by atoms with van der Waals surface area (Å²) in [4.78, 5) is 4.76. The van der Waals surface area contributed by atoms with Crippen LogP contribution in [0.4, 0.5) is 14.5 Å². The van der Waals surface area contributed by atoms with Crippen molar-refractivity contribution in [3.05, 3.63) is 30.9 Å². The zero-order valence-corrected chi connectivity index (χ0v) is 11.7. The van der Waals surface area contributed by atoms with Crippen molar-refractivity contribution in [1.29, 1.82) is 0 Å². The number of hydrogen-bond donors (Lipinski definition) is 1. The summed E-state index contributed by atoms with van der Waals surface area (Å²) >= 11 is 0. The molecule has 0 unspecified atom stereocenters. The topological polar surface area (TPSA) is 86.1 Å². The monoisotopic (exact) mass is 318 g/mol. The summed E-state index contributed by atoms with van der Waals surface area (Å²) in [5.74, 6) is -0.438. The fraction of sp³-hybridized carbons (Fsp3) is 0.273. The largest absolute Gasteiger partial charge is 0.433 e. The zero-order chi connectivity index (χ0) is 15.5. The second kappa shape index (κ2) is 6.04. The Hall–Kier alpha value is -2.23. The summed E-state index contributed by atoms with van der Waals surface area (Å²) in [5.41, 5.74) is 2.78. The quantitative estimate of drug-likeness (QED) is 0.869. The number of rotatable bonds is 6. The summed E-state index contributed by atoms with van der Waals surface area (Å²) < 4.78 is 52.8. The first-order chi connectivity index (χ1) is 9.92. The molecule has 0 bridgehead atoms. The van der Waals surface area contributed by atoms with E-state index in [1.807, 2.05) is 0 Å². The lowest BCUT2D eigenvalue weighted by atomic mass is 10.3. The normalized spacial score (nSPS) is 11.6. The fourth-order valence-corrected chi connectivity index (χ4v) is 2.43. The van der Waals surface area contributed by atoms with Crippen LogP contribution in [0, 0.1) is 0 Å². The van der Waals surface area contributed by atoms with Gasteiger partial charge in [-0.05, 0) is 12.1 Å². The highest BCUT2D eigenvalue weighted by Crippen LogP contribution is 2.29. The molecule has 0 saturated carbocycles. The van der Waals surface area contributed by atoms with Crippen molar-refractivity contribution in [1.82, 2.24) is 14.9 Å². The second-order valence-electron chi connectivity index (χ2n) is 3.89. The molecule has 1 N–H and O–H groups in total. The Kier molecular flexibility index (Phi) is 4.36. The summed E-state index contributed by atoms with van der Waals surface area (Å²) in [7, 11) is -3.52. The molecule has 114 valence electrons. The van der Waals surface area contributed by atoms with Crippen molar-refractivity contribution in [2.75, 3.05) is 11.2 Å². The Morgan fingerprint density at radius 1 is 1.43 bits per heavy atom. The molecule has 0 amide bonds. The number of aromatic nitrogens is 3. The maximum atomic E-state index is 12.5. The Labute approximate surface area is 119 Å². The van der Waals surface area contributed by atoms with Gasteiger partial charge in [-0.3, -0.25) is 5.43 Å². The van der Waals surface area contributed by atoms with Crippen LogP contribution in [0.1, 0.15) is 6.92 Å². The molecule has 1 aromatic carbocycles. The minimum Gasteiger partial charge on any atom is -0.433 e. The summed E-state index contributed by atoms with van der Waals surface area (Å²) in [6.07, 6.45) is 2.55. The third kappa shape index (κ3) is 3.66. The van der Waals surface area contributed by atoms with Crippen LogP contribution < -0.4 is 10.2 Å². The fourth-order valence-electron chi connectivity index (χ4n) is 1.54. The van der Waals surface area contributed by atoms with Crippen LogP contribution >= 0.6 is 0 Å². The lowest BCUT2D eigenvalue weighted by molar-refractivity contribution is -0.0495. The van der Waals surface area contributed by atoms with Crippen molar-refractivity contribution in [3.8, 4) is 5.75 Å². The molecule has 0 aliphatic heterocycles. The minimum absolute atomic E-state index is 0.0928. The van der Waals surface area contributed by atoms with E-state index >= 15 is 0 Å². The van der Waals surface area contributed by atoms with Crippen molar-refractivity contribution < 1.29 is 21.9 Å². The van der Waals surface area contributed by atoms with E-state index in [1.165, 1.54) is 36.5 Å². The highest BCUT2D eigenvalue weighted by atomic mass is 32.2. The maximum absolute atomic E-state index is 12.5. The van der Waals surface area contributed by atoms with Gasteiger partial charge >= 0.3 is 6.61 Å². The third-order valence-corrected chi connectivity index (χ3v) is 4.29. The average Bonchev–Trinajstić information content (AvgIpc) is 2.93. The van der Waals surface area contributed by atoms with E-state index in [2.05, 4.69) is 20.2 Å². The molecule has 1 aromatic heterocycles. The first-order valence-electron chi connectivity index (χ1n) is 5.85. The van der Waals surface area contributed by atoms with Crippen LogP contribution in [0.5, 0.6) is 5.75 Å². The second-order valence-corrected chi connectivity index (χ2v) is 6.17. The van der Waals surface area contributed by atoms with Crippen LogP contribution in [-0.4, -0.2) is 35.7 Å². The summed E-state index contributed by atoms with van der Waals surface area (Å²) in [6.45, 7) is -1.62. The minimum atomic E-state index is -3.52. The number of nitrogens with one attached hydrogen (secondary N) is 1. The number of sulfone groups is 1. The highest BCUT2D eigenvalue weighted by molar-refractivity contribution is 7.91. The van der Waals surface area contributed by atoms with Crippen LogP contribution in [-0.2, 0) is 9.84 Å². The molecule has 0 radical (unpaired) electrons. The van der Waals surface area contributed by atoms with Gasteiger partial charge in [0, 0.05) is 6.07 Å². The number of ether oxygens (including phenoxy) is 1. The van der Waals surface area contributed by atoms with E-state index in [9.17, 15) is 17.2 Å². The Morgan fingerprint density at radius 2 is 2.19 bits per heavy atom. The standard InChI is InChI=1S/C11H12F2N4O3S/c1-2-21(18,19)8-3-4-9(10(5-8)20-11(12)13)16-17-7-14-6-15-17/h3-7,11,16H,2H2,1H3. The van der Waals surface area contributed by atoms with Crippen LogP contribution in [0.25, 0.3) is 0 Å². The van der Waals surface area contributed by atoms with E-state index in [-0.39, 0.29) is 22.1 Å². The zero-order valence-electron chi connectivity index (χ0n) is 10.9. The molecule has 7 nitrogen and oxygen atoms in total. The molecule has 0 aliphatic carbocycles. The third-order valence-electron chi connectivity index (χ3n) is 2.56. The molecule has 0 fully saturated rings. The SMILES string of the molecule is CCS(=O)(=O)c1ccc(Nn2cncn2)c(OC(F)F)c1. The van der Waals surface area contributed by atoms with Crippen LogP contribution in [0.3, 0.4) is 0 Å². The molecule has 0 atom stereocenters. The summed E-state index contributed by atoms with van der Waals surface area (Å²) in [5, 5.41) is 3.75. The Bertz CT molecular complexity index is 704. The number of alkyl halides is 2. The van der Waals surface area contributed by atoms with Gasteiger partial charge in [0.05, 0.1) is 16.3 Å². The van der Waals surface area contributed by atoms with Gasteiger partial charge in [-0.1, -0.05) is 6.92 Å². The van der Waals surface area contributed by atoms with Gasteiger partial charge in [-0.25, -0.2) is 13.4 Å². The lowest BCUT2D eigenvalue weighted by Crippen LogP contribution is -2.13. The Morgan fingerprint density at radius 3 is 2.76 bits per heavy atom. The molecule has 2 rings (SSSR count). The number of benzene rings is 1. The predicted molar refractivity (Wildman–Crippen MR) is 69.8 cm³/mol. The number of hydrogen-bond acceptors (Lipinski definition) is 6. The molecule has 10 heteroatoms. The van der Waals surface area contributed by atoms with E-state index < -0.39 is 16.4 Å². The number of halogens is 2. The van der Waals surface area contributed by atoms with E-state index in [0.717, 1.165) is 6.07 Å². The van der Waals surface area contributed by atoms with Gasteiger partial charge < -0.3 is 4.74 Å². The molecule has 2 aromatic rings. The first kappa shape index (κ1) is 15.2. The van der Waals surface area contributed by atoms with Gasteiger partial charge in [0.25, 0.3) is 0 Å². The van der Waals surface area contributed by atoms with Gasteiger partial charge in [0.15, 0.2) is 15.6 Å².